The summed E-state index contributed by atoms with van der Waals surface area (Å²) in [6.07, 6.45) is -16.7. The standard InChI is InChI=1S/C28H30F3NO5/c1-4-26(2,3)24-10-17-9-16(20(29)13-21(17)32(24)14-19(34)15-33)11-25(35)27(7-8-27)18-5-6-22-23(12-18)37-28(30,31)36-22/h5-6,9-10,12-13,19,33-34H,4,7-8,11,14-15H2,1-3H3/t19-/m1/s1/i5D,6D,7D2,8D2,9D,10D,12D,13D,14D2,15D2,19D. The summed E-state index contributed by atoms with van der Waals surface area (Å²) >= 11 is 0. The van der Waals surface area contributed by atoms with Crippen LogP contribution in [0.5, 0.6) is 11.5 Å². The topological polar surface area (TPSA) is 80.9 Å². The summed E-state index contributed by atoms with van der Waals surface area (Å²) in [5, 5.41) is 19.8. The van der Waals surface area contributed by atoms with Crippen molar-refractivity contribution in [3.63, 3.8) is 0 Å². The predicted molar refractivity (Wildman–Crippen MR) is 131 cm³/mol. The van der Waals surface area contributed by atoms with Gasteiger partial charge in [0.1, 0.15) is 11.6 Å². The SMILES string of the molecule is [2H]c1c([2H])c(C2(C(=O)Cc3c(F)c([2H])c4c(c3[2H])c([2H])c(C(C)(C)CC)n4C([2H])([2H])[C@@]([2H])(O)C([2H])([2H])O)C([2H])([2H])C2([2H])[2H])c([2H])c2c1OC(F)(F)O2. The van der Waals surface area contributed by atoms with E-state index >= 15 is 4.39 Å². The molecule has 1 aliphatic heterocycles. The number of benzene rings is 2. The van der Waals surface area contributed by atoms with Crippen molar-refractivity contribution in [1.82, 2.24) is 4.57 Å². The van der Waals surface area contributed by atoms with Crippen molar-refractivity contribution in [2.45, 2.75) is 76.1 Å². The zero-order valence-corrected chi connectivity index (χ0v) is 19.6. The lowest BCUT2D eigenvalue weighted by Crippen LogP contribution is -2.26. The van der Waals surface area contributed by atoms with Gasteiger partial charge < -0.3 is 24.3 Å². The highest BCUT2D eigenvalue weighted by Crippen LogP contribution is 2.52. The maximum Gasteiger partial charge on any atom is 0.586 e. The number of aliphatic hydroxyl groups is 2. The molecule has 3 aromatic rings. The number of Topliss-reactive ketones (excluding diaryl/α,β-unsaturated/α-hetero) is 1. The molecule has 1 atom stereocenters. The molecule has 2 aliphatic rings. The van der Waals surface area contributed by atoms with Crippen LogP contribution in [0.25, 0.3) is 10.9 Å². The minimum Gasteiger partial charge on any atom is -0.395 e. The molecule has 0 radical (unpaired) electrons. The van der Waals surface area contributed by atoms with E-state index in [1.165, 1.54) is 13.8 Å². The van der Waals surface area contributed by atoms with E-state index in [-0.39, 0.29) is 11.0 Å². The number of carbonyl (C=O) groups excluding carboxylic acids is 1. The van der Waals surface area contributed by atoms with Crippen LogP contribution in [0.15, 0.2) is 36.3 Å². The first-order chi connectivity index (χ1) is 23.3. The smallest absolute Gasteiger partial charge is 0.395 e. The molecule has 1 fully saturated rings. The molecule has 198 valence electrons. The van der Waals surface area contributed by atoms with Crippen LogP contribution in [-0.4, -0.2) is 39.5 Å². The Labute approximate surface area is 233 Å². The Morgan fingerprint density at radius 1 is 1.27 bits per heavy atom. The quantitative estimate of drug-likeness (QED) is 0.406. The normalized spacial score (nSPS) is 28.5. The third-order valence-corrected chi connectivity index (χ3v) is 6.24. The van der Waals surface area contributed by atoms with Gasteiger partial charge in [-0.1, -0.05) is 26.8 Å². The number of ketones is 1. The Hall–Kier alpha value is -3.04. The fraction of sp³-hybridized carbons (Fsp3) is 0.464. The first kappa shape index (κ1) is 13.2. The van der Waals surface area contributed by atoms with E-state index in [9.17, 15) is 23.8 Å². The fourth-order valence-electron chi connectivity index (χ4n) is 3.78. The van der Waals surface area contributed by atoms with Gasteiger partial charge in [0.2, 0.25) is 0 Å². The third kappa shape index (κ3) is 4.48. The molecule has 2 heterocycles. The van der Waals surface area contributed by atoms with Crippen LogP contribution >= 0.6 is 0 Å². The average molecular weight is 533 g/mol. The monoisotopic (exact) mass is 532 g/mol. The summed E-state index contributed by atoms with van der Waals surface area (Å²) < 4.78 is 179. The first-order valence-electron chi connectivity index (χ1n) is 18.5. The van der Waals surface area contributed by atoms with Crippen molar-refractivity contribution in [2.24, 2.45) is 0 Å². The van der Waals surface area contributed by atoms with Crippen molar-refractivity contribution >= 4 is 16.7 Å². The van der Waals surface area contributed by atoms with Crippen LogP contribution in [0.3, 0.4) is 0 Å². The van der Waals surface area contributed by atoms with Gasteiger partial charge in [-0.05, 0) is 60.5 Å². The number of rotatable bonds is 9. The molecule has 1 aromatic heterocycles. The van der Waals surface area contributed by atoms with Crippen LogP contribution in [0.2, 0.25) is 0 Å². The van der Waals surface area contributed by atoms with Gasteiger partial charge in [-0.2, -0.15) is 0 Å². The third-order valence-electron chi connectivity index (χ3n) is 6.24. The second-order valence-electron chi connectivity index (χ2n) is 9.06. The van der Waals surface area contributed by atoms with Gasteiger partial charge in [0, 0.05) is 28.4 Å². The summed E-state index contributed by atoms with van der Waals surface area (Å²) in [5.74, 6) is -5.83. The molecule has 0 bridgehead atoms. The van der Waals surface area contributed by atoms with Crippen LogP contribution in [0.4, 0.5) is 13.2 Å². The van der Waals surface area contributed by atoms with E-state index in [2.05, 4.69) is 9.47 Å². The Balaban J connectivity index is 1.81. The van der Waals surface area contributed by atoms with Gasteiger partial charge in [0.25, 0.3) is 0 Å². The maximum atomic E-state index is 16.4. The number of alkyl halides is 2. The Kier molecular flexibility index (Phi) is 3.12. The lowest BCUT2D eigenvalue weighted by Gasteiger charge is -2.26. The van der Waals surface area contributed by atoms with Gasteiger partial charge >= 0.3 is 6.29 Å². The minimum atomic E-state index is -4.46. The van der Waals surface area contributed by atoms with Crippen molar-refractivity contribution in [3.8, 4) is 11.5 Å². The van der Waals surface area contributed by atoms with E-state index in [0.717, 1.165) is 0 Å². The van der Waals surface area contributed by atoms with Gasteiger partial charge in [-0.15, -0.1) is 8.78 Å². The molecule has 0 spiro atoms. The number of hydrogen-bond acceptors (Lipinski definition) is 5. The number of fused-ring (bicyclic) bond motifs is 2. The fourth-order valence-corrected chi connectivity index (χ4v) is 3.78. The molecular formula is C28H30F3NO5. The molecular weight excluding hydrogens is 487 g/mol. The predicted octanol–water partition coefficient (Wildman–Crippen LogP) is 4.99. The maximum absolute atomic E-state index is 16.4. The van der Waals surface area contributed by atoms with Gasteiger partial charge in [0.15, 0.2) is 11.5 Å². The first-order valence-corrected chi connectivity index (χ1v) is 11.0. The van der Waals surface area contributed by atoms with E-state index in [4.69, 9.17) is 20.6 Å². The Morgan fingerprint density at radius 3 is 2.62 bits per heavy atom. The zero-order valence-electron chi connectivity index (χ0n) is 34.6. The average Bonchev–Trinajstić information content (AvgIpc) is 3.32. The van der Waals surface area contributed by atoms with Crippen LogP contribution in [-0.2, 0) is 28.5 Å². The molecule has 0 amide bonds. The summed E-state index contributed by atoms with van der Waals surface area (Å²) in [4.78, 5) is 14.2. The molecule has 5 rings (SSSR count). The van der Waals surface area contributed by atoms with Crippen LogP contribution < -0.4 is 9.47 Å². The van der Waals surface area contributed by atoms with Crippen molar-refractivity contribution in [3.05, 3.63) is 58.9 Å². The molecule has 2 N–H and O–H groups in total. The minimum absolute atomic E-state index is 0.0548. The number of halogens is 3. The summed E-state index contributed by atoms with van der Waals surface area (Å²) in [7, 11) is 0. The van der Waals surface area contributed by atoms with Crippen molar-refractivity contribution < 1.29 is 58.2 Å². The molecule has 6 nitrogen and oxygen atoms in total. The molecule has 0 unspecified atom stereocenters. The molecule has 0 saturated heterocycles. The van der Waals surface area contributed by atoms with E-state index in [1.807, 2.05) is 0 Å². The molecule has 9 heteroatoms. The molecule has 1 saturated carbocycles. The lowest BCUT2D eigenvalue weighted by atomic mass is 9.86. The Bertz CT molecular complexity index is 2060. The molecule has 2 aromatic carbocycles. The molecule has 1 aliphatic carbocycles. The number of aromatic nitrogens is 1. The highest BCUT2D eigenvalue weighted by atomic mass is 19.3. The Morgan fingerprint density at radius 2 is 1.97 bits per heavy atom. The largest absolute Gasteiger partial charge is 0.586 e. The lowest BCUT2D eigenvalue weighted by molar-refractivity contribution is -0.286. The number of ether oxygens (including phenoxy) is 2. The number of nitrogens with zero attached hydrogens (tertiary/aromatic N) is 1. The second-order valence-corrected chi connectivity index (χ2v) is 9.06. The second kappa shape index (κ2) is 8.77. The number of carbonyl (C=O) groups is 1. The summed E-state index contributed by atoms with van der Waals surface area (Å²) in [6, 6.07) is -7.13. The van der Waals surface area contributed by atoms with Gasteiger partial charge in [-0.25, -0.2) is 4.39 Å². The van der Waals surface area contributed by atoms with Gasteiger partial charge in [0.05, 0.1) is 45.1 Å². The van der Waals surface area contributed by atoms with E-state index in [0.29, 0.717) is 0 Å². The van der Waals surface area contributed by atoms with E-state index in [1.54, 1.807) is 6.92 Å². The van der Waals surface area contributed by atoms with Crippen LogP contribution in [0.1, 0.15) is 77.3 Å². The van der Waals surface area contributed by atoms with Crippen LogP contribution in [0, 0.1) is 5.82 Å². The van der Waals surface area contributed by atoms with Crippen molar-refractivity contribution in [2.75, 3.05) is 6.56 Å². The highest BCUT2D eigenvalue weighted by Gasteiger charge is 2.52. The van der Waals surface area contributed by atoms with E-state index < -0.39 is 143 Å². The van der Waals surface area contributed by atoms with Gasteiger partial charge in [-0.3, -0.25) is 4.79 Å². The van der Waals surface area contributed by atoms with Crippen molar-refractivity contribution in [1.29, 1.82) is 0 Å². The summed E-state index contributed by atoms with van der Waals surface area (Å²) in [6.45, 7) is -3.40. The highest BCUT2D eigenvalue weighted by molar-refractivity contribution is 5.95. The molecule has 37 heavy (non-hydrogen) atoms. The summed E-state index contributed by atoms with van der Waals surface area (Å²) in [5.41, 5.74) is -8.47. The zero-order chi connectivity index (χ0) is 40.1. The number of hydrogen-bond donors (Lipinski definition) is 2.